The Kier molecular flexibility index (Phi) is 6.26. The van der Waals surface area contributed by atoms with E-state index in [4.69, 9.17) is 14.2 Å². The number of nitrogens with zero attached hydrogens (tertiary/aromatic N) is 1. The second-order valence-corrected chi connectivity index (χ2v) is 6.40. The molecule has 0 saturated carbocycles. The van der Waals surface area contributed by atoms with Crippen molar-refractivity contribution in [2.24, 2.45) is 0 Å². The van der Waals surface area contributed by atoms with Gasteiger partial charge in [-0.25, -0.2) is 0 Å². The fourth-order valence-corrected chi connectivity index (χ4v) is 3.19. The summed E-state index contributed by atoms with van der Waals surface area (Å²) in [6, 6.07) is 16.1. The topological polar surface area (TPSA) is 103 Å². The highest BCUT2D eigenvalue weighted by Crippen LogP contribution is 2.42. The average Bonchev–Trinajstić information content (AvgIpc) is 2.77. The summed E-state index contributed by atoms with van der Waals surface area (Å²) >= 11 is 0. The van der Waals surface area contributed by atoms with Gasteiger partial charge in [0.25, 0.3) is 5.69 Å². The van der Waals surface area contributed by atoms with Crippen molar-refractivity contribution < 1.29 is 24.2 Å². The molecular weight excluding hydrogens is 388 g/mol. The van der Waals surface area contributed by atoms with Gasteiger partial charge in [0.2, 0.25) is 5.75 Å². The van der Waals surface area contributed by atoms with Gasteiger partial charge in [-0.3, -0.25) is 10.1 Å². The van der Waals surface area contributed by atoms with E-state index < -0.39 is 11.0 Å². The molecule has 0 aliphatic carbocycles. The van der Waals surface area contributed by atoms with E-state index in [9.17, 15) is 15.2 Å². The van der Waals surface area contributed by atoms with Crippen molar-refractivity contribution in [1.82, 2.24) is 0 Å². The molecule has 0 bridgehead atoms. The number of hydrogen-bond acceptors (Lipinski definition) is 7. The van der Waals surface area contributed by atoms with Crippen LogP contribution in [0, 0.1) is 10.1 Å². The van der Waals surface area contributed by atoms with Crippen LogP contribution in [0.25, 0.3) is 0 Å². The summed E-state index contributed by atoms with van der Waals surface area (Å²) in [5.41, 5.74) is 1.98. The maximum atomic E-state index is 11.0. The summed E-state index contributed by atoms with van der Waals surface area (Å²) in [6.45, 7) is 0. The quantitative estimate of drug-likeness (QED) is 0.415. The van der Waals surface area contributed by atoms with E-state index in [1.165, 1.54) is 33.5 Å². The molecular formula is C22H22N2O6. The molecule has 1 atom stereocenters. The van der Waals surface area contributed by atoms with E-state index in [-0.39, 0.29) is 11.4 Å². The van der Waals surface area contributed by atoms with Crippen LogP contribution in [0.3, 0.4) is 0 Å². The number of non-ortho nitro benzene ring substituents is 1. The number of methoxy groups -OCH3 is 3. The van der Waals surface area contributed by atoms with E-state index in [0.717, 1.165) is 5.56 Å². The minimum absolute atomic E-state index is 0.0115. The Morgan fingerprint density at radius 3 is 2.03 bits per heavy atom. The summed E-state index contributed by atoms with van der Waals surface area (Å²) < 4.78 is 16.2. The summed E-state index contributed by atoms with van der Waals surface area (Å²) in [4.78, 5) is 10.6. The van der Waals surface area contributed by atoms with E-state index >= 15 is 0 Å². The number of benzene rings is 3. The second kappa shape index (κ2) is 9.04. The number of nitro benzene ring substituents is 1. The molecule has 0 unspecified atom stereocenters. The Labute approximate surface area is 173 Å². The van der Waals surface area contributed by atoms with Gasteiger partial charge in [0.1, 0.15) is 5.75 Å². The van der Waals surface area contributed by atoms with Crippen LogP contribution in [-0.2, 0) is 0 Å². The molecule has 8 nitrogen and oxygen atoms in total. The van der Waals surface area contributed by atoms with Gasteiger partial charge >= 0.3 is 0 Å². The minimum Gasteiger partial charge on any atom is -0.508 e. The van der Waals surface area contributed by atoms with Crippen LogP contribution >= 0.6 is 0 Å². The third kappa shape index (κ3) is 4.22. The number of aromatic hydroxyl groups is 1. The molecule has 0 aliphatic heterocycles. The maximum absolute atomic E-state index is 11.0. The van der Waals surface area contributed by atoms with Crippen LogP contribution in [-0.4, -0.2) is 31.4 Å². The van der Waals surface area contributed by atoms with Gasteiger partial charge in [0, 0.05) is 35.5 Å². The van der Waals surface area contributed by atoms with Crippen LogP contribution in [0.5, 0.6) is 23.0 Å². The lowest BCUT2D eigenvalue weighted by atomic mass is 9.97. The first-order chi connectivity index (χ1) is 14.5. The zero-order valence-electron chi connectivity index (χ0n) is 16.8. The first-order valence-electron chi connectivity index (χ1n) is 9.07. The molecule has 0 aliphatic rings. The largest absolute Gasteiger partial charge is 0.508 e. The van der Waals surface area contributed by atoms with Crippen molar-refractivity contribution in [2.45, 2.75) is 6.04 Å². The van der Waals surface area contributed by atoms with Gasteiger partial charge in [0.05, 0.1) is 32.3 Å². The van der Waals surface area contributed by atoms with Crippen LogP contribution in [0.2, 0.25) is 0 Å². The van der Waals surface area contributed by atoms with E-state index in [0.29, 0.717) is 28.5 Å². The van der Waals surface area contributed by atoms with Crippen molar-refractivity contribution in [3.05, 3.63) is 81.9 Å². The van der Waals surface area contributed by atoms with Crippen LogP contribution in [0.1, 0.15) is 17.2 Å². The lowest BCUT2D eigenvalue weighted by Gasteiger charge is -2.23. The number of anilines is 1. The van der Waals surface area contributed by atoms with Crippen molar-refractivity contribution in [3.63, 3.8) is 0 Å². The first-order valence-corrected chi connectivity index (χ1v) is 9.07. The molecule has 30 heavy (non-hydrogen) atoms. The zero-order valence-corrected chi connectivity index (χ0v) is 16.8. The number of phenols is 1. The Morgan fingerprint density at radius 2 is 1.53 bits per heavy atom. The predicted octanol–water partition coefficient (Wildman–Crippen LogP) is 4.53. The maximum Gasteiger partial charge on any atom is 0.269 e. The average molecular weight is 410 g/mol. The summed E-state index contributed by atoms with van der Waals surface area (Å²) in [5, 5.41) is 24.8. The Balaban J connectivity index is 2.08. The van der Waals surface area contributed by atoms with Gasteiger partial charge in [-0.2, -0.15) is 0 Å². The van der Waals surface area contributed by atoms with Crippen molar-refractivity contribution >= 4 is 11.4 Å². The molecule has 8 heteroatoms. The van der Waals surface area contributed by atoms with Gasteiger partial charge in [-0.15, -0.1) is 0 Å². The molecule has 0 saturated heterocycles. The highest BCUT2D eigenvalue weighted by Gasteiger charge is 2.21. The molecule has 0 fully saturated rings. The summed E-state index contributed by atoms with van der Waals surface area (Å²) in [7, 11) is 4.57. The SMILES string of the molecule is COc1cc(N[C@@H](c2ccc([N+](=O)[O-])cc2)c2ccccc2O)cc(OC)c1OC. The molecule has 0 aromatic heterocycles. The fraction of sp³-hybridized carbons (Fsp3) is 0.182. The molecule has 156 valence electrons. The molecule has 0 radical (unpaired) electrons. The van der Waals surface area contributed by atoms with Gasteiger partial charge in [0.15, 0.2) is 11.5 Å². The third-order valence-electron chi connectivity index (χ3n) is 4.66. The van der Waals surface area contributed by atoms with Gasteiger partial charge < -0.3 is 24.6 Å². The zero-order chi connectivity index (χ0) is 21.7. The third-order valence-corrected chi connectivity index (χ3v) is 4.66. The molecule has 3 aromatic carbocycles. The lowest BCUT2D eigenvalue weighted by molar-refractivity contribution is -0.384. The summed E-state index contributed by atoms with van der Waals surface area (Å²) in [6.07, 6.45) is 0. The Bertz CT molecular complexity index is 1010. The Hall–Kier alpha value is -3.94. The molecule has 0 heterocycles. The molecule has 3 aromatic rings. The van der Waals surface area contributed by atoms with Crippen molar-refractivity contribution in [2.75, 3.05) is 26.6 Å². The van der Waals surface area contributed by atoms with E-state index in [2.05, 4.69) is 5.32 Å². The van der Waals surface area contributed by atoms with Crippen LogP contribution in [0.4, 0.5) is 11.4 Å². The summed E-state index contributed by atoms with van der Waals surface area (Å²) in [5.74, 6) is 1.50. The van der Waals surface area contributed by atoms with E-state index in [1.807, 2.05) is 6.07 Å². The van der Waals surface area contributed by atoms with Crippen LogP contribution in [0.15, 0.2) is 60.7 Å². The molecule has 0 amide bonds. The van der Waals surface area contributed by atoms with Crippen molar-refractivity contribution in [3.8, 4) is 23.0 Å². The smallest absolute Gasteiger partial charge is 0.269 e. The highest BCUT2D eigenvalue weighted by molar-refractivity contribution is 5.64. The standard InChI is InChI=1S/C22H22N2O6/c1-28-19-12-15(13-20(29-2)22(19)30-3)23-21(17-6-4-5-7-18(17)25)14-8-10-16(11-9-14)24(26)27/h4-13,21,23,25H,1-3H3/t21-/m0/s1. The monoisotopic (exact) mass is 410 g/mol. The van der Waals surface area contributed by atoms with E-state index in [1.54, 1.807) is 42.5 Å². The van der Waals surface area contributed by atoms with Crippen LogP contribution < -0.4 is 19.5 Å². The number of phenolic OH excluding ortho intramolecular Hbond substituents is 1. The van der Waals surface area contributed by atoms with Gasteiger partial charge in [-0.05, 0) is 23.8 Å². The normalized spacial score (nSPS) is 11.4. The number of hydrogen-bond donors (Lipinski definition) is 2. The molecule has 0 spiro atoms. The number of rotatable bonds is 8. The minimum atomic E-state index is -0.491. The number of ether oxygens (including phenoxy) is 3. The number of nitrogens with one attached hydrogen (secondary N) is 1. The van der Waals surface area contributed by atoms with Gasteiger partial charge in [-0.1, -0.05) is 18.2 Å². The van der Waals surface area contributed by atoms with Crippen molar-refractivity contribution in [1.29, 1.82) is 0 Å². The number of para-hydroxylation sites is 1. The first kappa shape index (κ1) is 20.8. The lowest BCUT2D eigenvalue weighted by Crippen LogP contribution is -2.13. The molecule has 2 N–H and O–H groups in total. The number of nitro groups is 1. The fourth-order valence-electron chi connectivity index (χ4n) is 3.19. The highest BCUT2D eigenvalue weighted by atomic mass is 16.6. The predicted molar refractivity (Wildman–Crippen MR) is 113 cm³/mol. The second-order valence-electron chi connectivity index (χ2n) is 6.40. The Morgan fingerprint density at radius 1 is 0.933 bits per heavy atom. The molecule has 3 rings (SSSR count).